The van der Waals surface area contributed by atoms with E-state index in [1.165, 1.54) is 0 Å². The number of hydrogen-bond acceptors (Lipinski definition) is 6. The highest BCUT2D eigenvalue weighted by molar-refractivity contribution is 6.25. The molecule has 0 N–H and O–H groups in total. The van der Waals surface area contributed by atoms with Crippen LogP contribution in [0.25, 0.3) is 16.9 Å². The molecule has 1 aliphatic carbocycles. The molecule has 8 heteroatoms. The van der Waals surface area contributed by atoms with Gasteiger partial charge in [0.25, 0.3) is 5.91 Å². The summed E-state index contributed by atoms with van der Waals surface area (Å²) in [6.07, 6.45) is 1.63. The van der Waals surface area contributed by atoms with Gasteiger partial charge in [0.1, 0.15) is 0 Å². The van der Waals surface area contributed by atoms with Crippen LogP contribution in [0.2, 0.25) is 0 Å². The van der Waals surface area contributed by atoms with Crippen molar-refractivity contribution in [1.29, 1.82) is 0 Å². The Hall–Kier alpha value is -3.52. The first-order chi connectivity index (χ1) is 14.6. The van der Waals surface area contributed by atoms with E-state index in [2.05, 4.69) is 15.0 Å². The SMILES string of the molecule is COc1ccc(-n2nc(C(=O)N3CCN(C)CC3)c3c2-c2ccccc2C3=O)cn1. The number of piperazine rings is 1. The van der Waals surface area contributed by atoms with E-state index in [0.717, 1.165) is 18.7 Å². The lowest BCUT2D eigenvalue weighted by molar-refractivity contribution is 0.0654. The lowest BCUT2D eigenvalue weighted by atomic mass is 10.1. The van der Waals surface area contributed by atoms with Gasteiger partial charge < -0.3 is 14.5 Å². The molecule has 8 nitrogen and oxygen atoms in total. The molecule has 1 fully saturated rings. The van der Waals surface area contributed by atoms with Crippen molar-refractivity contribution in [1.82, 2.24) is 24.6 Å². The van der Waals surface area contributed by atoms with E-state index in [-0.39, 0.29) is 17.4 Å². The van der Waals surface area contributed by atoms with Gasteiger partial charge in [0.2, 0.25) is 5.88 Å². The molecule has 30 heavy (non-hydrogen) atoms. The van der Waals surface area contributed by atoms with Crippen LogP contribution in [0.1, 0.15) is 26.4 Å². The monoisotopic (exact) mass is 403 g/mol. The molecule has 2 aliphatic rings. The van der Waals surface area contributed by atoms with Gasteiger partial charge in [-0.1, -0.05) is 24.3 Å². The van der Waals surface area contributed by atoms with Crippen LogP contribution in [0.5, 0.6) is 5.88 Å². The Labute approximate surface area is 173 Å². The van der Waals surface area contributed by atoms with Gasteiger partial charge in [-0.15, -0.1) is 0 Å². The summed E-state index contributed by atoms with van der Waals surface area (Å²) in [5, 5.41) is 4.61. The van der Waals surface area contributed by atoms with Crippen LogP contribution >= 0.6 is 0 Å². The number of pyridine rings is 1. The molecular formula is C22H21N5O3. The number of hydrogen-bond donors (Lipinski definition) is 0. The Balaban J connectivity index is 1.65. The summed E-state index contributed by atoms with van der Waals surface area (Å²) in [5.74, 6) is 0.110. The van der Waals surface area contributed by atoms with Gasteiger partial charge in [-0.2, -0.15) is 5.10 Å². The smallest absolute Gasteiger partial charge is 0.275 e. The molecule has 1 amide bonds. The largest absolute Gasteiger partial charge is 0.481 e. The molecule has 0 bridgehead atoms. The van der Waals surface area contributed by atoms with E-state index in [9.17, 15) is 9.59 Å². The van der Waals surface area contributed by atoms with Crippen molar-refractivity contribution in [3.8, 4) is 22.8 Å². The van der Waals surface area contributed by atoms with Gasteiger partial charge in [0, 0.05) is 43.4 Å². The van der Waals surface area contributed by atoms with Crippen LogP contribution in [-0.2, 0) is 0 Å². The second kappa shape index (κ2) is 7.07. The third-order valence-electron chi connectivity index (χ3n) is 5.71. The van der Waals surface area contributed by atoms with Gasteiger partial charge in [-0.25, -0.2) is 9.67 Å². The molecule has 152 valence electrons. The lowest BCUT2D eigenvalue weighted by Gasteiger charge is -2.32. The fourth-order valence-corrected chi connectivity index (χ4v) is 4.02. The molecular weight excluding hydrogens is 382 g/mol. The van der Waals surface area contributed by atoms with E-state index in [1.807, 2.05) is 31.3 Å². The topological polar surface area (TPSA) is 80.6 Å². The molecule has 1 aliphatic heterocycles. The van der Waals surface area contributed by atoms with Crippen LogP contribution in [0.3, 0.4) is 0 Å². The molecule has 0 atom stereocenters. The first kappa shape index (κ1) is 18.5. The van der Waals surface area contributed by atoms with Crippen LogP contribution in [0.15, 0.2) is 42.6 Å². The van der Waals surface area contributed by atoms with Gasteiger partial charge in [-0.05, 0) is 13.1 Å². The Morgan fingerprint density at radius 1 is 1.03 bits per heavy atom. The first-order valence-corrected chi connectivity index (χ1v) is 9.84. The molecule has 2 aromatic heterocycles. The Morgan fingerprint density at radius 3 is 2.43 bits per heavy atom. The molecule has 1 aromatic carbocycles. The second-order valence-corrected chi connectivity index (χ2v) is 7.51. The molecule has 5 rings (SSSR count). The number of nitrogens with zero attached hydrogens (tertiary/aromatic N) is 5. The van der Waals surface area contributed by atoms with Crippen LogP contribution in [-0.4, -0.2) is 76.6 Å². The molecule has 0 saturated carbocycles. The third kappa shape index (κ3) is 2.80. The maximum atomic E-state index is 13.4. The minimum Gasteiger partial charge on any atom is -0.481 e. The Morgan fingerprint density at radius 2 is 1.77 bits per heavy atom. The zero-order valence-electron chi connectivity index (χ0n) is 16.8. The van der Waals surface area contributed by atoms with Crippen molar-refractivity contribution >= 4 is 11.7 Å². The molecule has 0 radical (unpaired) electrons. The quantitative estimate of drug-likeness (QED) is 0.520. The maximum Gasteiger partial charge on any atom is 0.275 e. The maximum absolute atomic E-state index is 13.4. The predicted molar refractivity (Wildman–Crippen MR) is 110 cm³/mol. The van der Waals surface area contributed by atoms with Gasteiger partial charge >= 0.3 is 0 Å². The zero-order valence-corrected chi connectivity index (χ0v) is 16.8. The highest BCUT2D eigenvalue weighted by Crippen LogP contribution is 2.40. The average Bonchev–Trinajstić information content (AvgIpc) is 3.31. The summed E-state index contributed by atoms with van der Waals surface area (Å²) in [5.41, 5.74) is 3.24. The summed E-state index contributed by atoms with van der Waals surface area (Å²) < 4.78 is 6.79. The third-order valence-corrected chi connectivity index (χ3v) is 5.71. The van der Waals surface area contributed by atoms with Crippen LogP contribution in [0, 0.1) is 0 Å². The first-order valence-electron chi connectivity index (χ1n) is 9.84. The summed E-state index contributed by atoms with van der Waals surface area (Å²) >= 11 is 0. The van der Waals surface area contributed by atoms with Crippen molar-refractivity contribution in [2.45, 2.75) is 0 Å². The van der Waals surface area contributed by atoms with E-state index in [1.54, 1.807) is 35.0 Å². The average molecular weight is 403 g/mol. The minimum atomic E-state index is -0.208. The van der Waals surface area contributed by atoms with Gasteiger partial charge in [0.05, 0.1) is 30.3 Å². The molecule has 0 unspecified atom stereocenters. The lowest BCUT2D eigenvalue weighted by Crippen LogP contribution is -2.47. The number of aromatic nitrogens is 3. The Kier molecular flexibility index (Phi) is 4.36. The standard InChI is InChI=1S/C22H21N5O3/c1-25-9-11-26(12-10-25)22(29)19-18-20(15-5-3-4-6-16(15)21(18)28)27(24-19)14-7-8-17(30-2)23-13-14/h3-8,13H,9-12H2,1-2H3. The number of benzene rings is 1. The van der Waals surface area contributed by atoms with E-state index in [0.29, 0.717) is 41.5 Å². The van der Waals surface area contributed by atoms with E-state index in [4.69, 9.17) is 4.74 Å². The van der Waals surface area contributed by atoms with Gasteiger partial charge in [0.15, 0.2) is 11.5 Å². The predicted octanol–water partition coefficient (Wildman–Crippen LogP) is 1.87. The Bertz CT molecular complexity index is 1140. The van der Waals surface area contributed by atoms with Crippen molar-refractivity contribution in [2.75, 3.05) is 40.3 Å². The number of amides is 1. The molecule has 3 heterocycles. The number of rotatable bonds is 3. The number of methoxy groups -OCH3 is 1. The molecule has 3 aromatic rings. The summed E-state index contributed by atoms with van der Waals surface area (Å²) in [7, 11) is 3.58. The number of ketones is 1. The summed E-state index contributed by atoms with van der Waals surface area (Å²) in [6, 6.07) is 10.9. The van der Waals surface area contributed by atoms with Crippen molar-refractivity contribution in [3.05, 3.63) is 59.4 Å². The number of ether oxygens (including phenoxy) is 1. The van der Waals surface area contributed by atoms with Crippen molar-refractivity contribution in [2.24, 2.45) is 0 Å². The molecule has 1 saturated heterocycles. The normalized spacial score (nSPS) is 15.8. The zero-order chi connectivity index (χ0) is 20.8. The highest BCUT2D eigenvalue weighted by atomic mass is 16.5. The van der Waals surface area contributed by atoms with Crippen molar-refractivity contribution < 1.29 is 14.3 Å². The summed E-state index contributed by atoms with van der Waals surface area (Å²) in [6.45, 7) is 2.82. The number of carbonyl (C=O) groups is 2. The van der Waals surface area contributed by atoms with Crippen molar-refractivity contribution in [3.63, 3.8) is 0 Å². The number of likely N-dealkylation sites (N-methyl/N-ethyl adjacent to an activating group) is 1. The van der Waals surface area contributed by atoms with E-state index < -0.39 is 0 Å². The number of fused-ring (bicyclic) bond motifs is 3. The summed E-state index contributed by atoms with van der Waals surface area (Å²) in [4.78, 5) is 34.8. The van der Waals surface area contributed by atoms with E-state index >= 15 is 0 Å². The second-order valence-electron chi connectivity index (χ2n) is 7.51. The van der Waals surface area contributed by atoms with Crippen LogP contribution < -0.4 is 4.74 Å². The molecule has 0 spiro atoms. The highest BCUT2D eigenvalue weighted by Gasteiger charge is 2.38. The fraction of sp³-hybridized carbons (Fsp3) is 0.273. The fourth-order valence-electron chi connectivity index (χ4n) is 4.02. The van der Waals surface area contributed by atoms with Crippen LogP contribution in [0.4, 0.5) is 0 Å². The van der Waals surface area contributed by atoms with Gasteiger partial charge in [-0.3, -0.25) is 9.59 Å². The minimum absolute atomic E-state index is 0.161. The number of carbonyl (C=O) groups excluding carboxylic acids is 2.